The quantitative estimate of drug-likeness (QED) is 0.147. The average molecular weight is 713 g/mol. The van der Waals surface area contributed by atoms with E-state index < -0.39 is 0 Å². The number of hydrogen-bond donors (Lipinski definition) is 0. The topological polar surface area (TPSA) is 6.48 Å². The first-order valence-electron chi connectivity index (χ1n) is 18.9. The molecule has 0 N–H and O–H groups in total. The Bertz CT molecular complexity index is 2150. The van der Waals surface area contributed by atoms with Crippen LogP contribution < -0.4 is 9.80 Å². The number of para-hydroxylation sites is 3. The zero-order valence-electron chi connectivity index (χ0n) is 29.5. The molecule has 5 aromatic carbocycles. The predicted molar refractivity (Wildman–Crippen MR) is 225 cm³/mol. The predicted octanol–water partition coefficient (Wildman–Crippen LogP) is 14.8. The van der Waals surface area contributed by atoms with Crippen LogP contribution in [0.15, 0.2) is 164 Å². The molecule has 2 fully saturated rings. The number of rotatable bonds is 9. The molecule has 2 nitrogen and oxygen atoms in total. The van der Waals surface area contributed by atoms with Gasteiger partial charge < -0.3 is 9.80 Å². The molecule has 9 rings (SSSR count). The molecule has 2 heterocycles. The van der Waals surface area contributed by atoms with Gasteiger partial charge in [0.15, 0.2) is 0 Å². The fourth-order valence-corrected chi connectivity index (χ4v) is 10.8. The number of anilines is 5. The molecule has 7 aromatic rings. The smallest absolute Gasteiger partial charge is 0.0462 e. The number of benzene rings is 5. The van der Waals surface area contributed by atoms with Gasteiger partial charge in [-0.15, -0.1) is 22.7 Å². The Labute approximate surface area is 316 Å². The summed E-state index contributed by atoms with van der Waals surface area (Å²) in [5.74, 6) is 1.85. The minimum absolute atomic E-state index is 0.567. The summed E-state index contributed by atoms with van der Waals surface area (Å²) < 4.78 is 0. The molecule has 3 unspecified atom stereocenters. The summed E-state index contributed by atoms with van der Waals surface area (Å²) >= 11 is 3.76. The second-order valence-electron chi connectivity index (χ2n) is 14.4. The Morgan fingerprint density at radius 2 is 0.788 bits per heavy atom. The molecule has 2 saturated carbocycles. The van der Waals surface area contributed by atoms with Gasteiger partial charge in [-0.2, -0.15) is 0 Å². The number of nitrogens with zero attached hydrogens (tertiary/aromatic N) is 2. The van der Waals surface area contributed by atoms with E-state index in [9.17, 15) is 0 Å². The van der Waals surface area contributed by atoms with Crippen LogP contribution in [0.3, 0.4) is 0 Å². The Kier molecular flexibility index (Phi) is 9.50. The first-order valence-corrected chi connectivity index (χ1v) is 20.6. The van der Waals surface area contributed by atoms with E-state index in [2.05, 4.69) is 174 Å². The first-order chi connectivity index (χ1) is 25.8. The number of thiophene rings is 2. The third-order valence-corrected chi connectivity index (χ3v) is 13.7. The average Bonchev–Trinajstić information content (AvgIpc) is 3.91. The zero-order valence-corrected chi connectivity index (χ0v) is 31.1. The van der Waals surface area contributed by atoms with Crippen molar-refractivity contribution >= 4 is 51.1 Å². The monoisotopic (exact) mass is 712 g/mol. The van der Waals surface area contributed by atoms with Crippen LogP contribution in [-0.4, -0.2) is 6.04 Å². The molecule has 52 heavy (non-hydrogen) atoms. The standard InChI is InChI=1S/C48H44N2S2/c1-4-14-39(15-5-1)49(40-16-6-2-7-17-40)42-25-21-36(22-26-42)45-30-32-47(51-45)48-33-31-46(52-48)37-23-27-43(28-24-37)50(41-18-8-3-9-19-41)44-29-20-35-12-10-11-13-38(35)34-44/h1-9,14-19,21-28,30-33,35,38,44H,10-13,20,29,34H2. The minimum Gasteiger partial charge on any atom is -0.338 e. The lowest BCUT2D eigenvalue weighted by Crippen LogP contribution is -2.39. The van der Waals surface area contributed by atoms with E-state index in [1.165, 1.54) is 87.0 Å². The van der Waals surface area contributed by atoms with Gasteiger partial charge in [-0.1, -0.05) is 105 Å². The largest absolute Gasteiger partial charge is 0.338 e. The van der Waals surface area contributed by atoms with Gasteiger partial charge in [0, 0.05) is 54.0 Å². The lowest BCUT2D eigenvalue weighted by molar-refractivity contribution is 0.156. The SMILES string of the molecule is c1ccc(N(c2ccccc2)c2ccc(-c3ccc(-c4ccc(-c5ccc(N(c6ccccc6)C6CCC7CCCCC7C6)cc5)s4)s3)cc2)cc1. The number of fused-ring (bicyclic) bond motifs is 1. The van der Waals surface area contributed by atoms with E-state index in [0.29, 0.717) is 6.04 Å². The lowest BCUT2D eigenvalue weighted by Gasteiger charge is -2.44. The normalized spacial score (nSPS) is 18.4. The minimum atomic E-state index is 0.567. The van der Waals surface area contributed by atoms with Gasteiger partial charge in [0.2, 0.25) is 0 Å². The molecule has 2 aliphatic rings. The Morgan fingerprint density at radius 3 is 1.33 bits per heavy atom. The summed E-state index contributed by atoms with van der Waals surface area (Å²) in [5, 5.41) is 0. The maximum Gasteiger partial charge on any atom is 0.0462 e. The Hall–Kier alpha value is -4.90. The van der Waals surface area contributed by atoms with Crippen LogP contribution in [0.2, 0.25) is 0 Å². The Balaban J connectivity index is 0.926. The van der Waals surface area contributed by atoms with Crippen LogP contribution >= 0.6 is 22.7 Å². The van der Waals surface area contributed by atoms with Gasteiger partial charge in [-0.3, -0.25) is 0 Å². The fraction of sp³-hybridized carbons (Fsp3) is 0.208. The molecule has 0 amide bonds. The van der Waals surface area contributed by atoms with E-state index in [0.717, 1.165) is 28.9 Å². The van der Waals surface area contributed by atoms with Gasteiger partial charge in [0.05, 0.1) is 0 Å². The van der Waals surface area contributed by atoms with Gasteiger partial charge in [0.1, 0.15) is 0 Å². The highest BCUT2D eigenvalue weighted by molar-refractivity contribution is 7.25. The molecule has 0 radical (unpaired) electrons. The van der Waals surface area contributed by atoms with Gasteiger partial charge in [-0.05, 0) is 127 Å². The number of hydrogen-bond acceptors (Lipinski definition) is 4. The summed E-state index contributed by atoms with van der Waals surface area (Å²) in [4.78, 5) is 10.2. The van der Waals surface area contributed by atoms with Crippen molar-refractivity contribution in [3.63, 3.8) is 0 Å². The van der Waals surface area contributed by atoms with Gasteiger partial charge in [0.25, 0.3) is 0 Å². The second kappa shape index (κ2) is 15.0. The summed E-state index contributed by atoms with van der Waals surface area (Å²) in [5.41, 5.74) is 8.62. The van der Waals surface area contributed by atoms with Crippen molar-refractivity contribution in [2.24, 2.45) is 11.8 Å². The summed E-state index contributed by atoms with van der Waals surface area (Å²) in [6, 6.07) is 60.4. The maximum absolute atomic E-state index is 2.65. The van der Waals surface area contributed by atoms with Crippen LogP contribution in [-0.2, 0) is 0 Å². The summed E-state index contributed by atoms with van der Waals surface area (Å²) in [6.07, 6.45) is 9.71. The fourth-order valence-electron chi connectivity index (χ4n) is 8.66. The molecular formula is C48H44N2S2. The molecule has 0 aliphatic heterocycles. The highest BCUT2D eigenvalue weighted by Gasteiger charge is 2.35. The van der Waals surface area contributed by atoms with E-state index in [4.69, 9.17) is 0 Å². The molecule has 258 valence electrons. The highest BCUT2D eigenvalue weighted by Crippen LogP contribution is 2.46. The van der Waals surface area contributed by atoms with Crippen LogP contribution in [0.4, 0.5) is 28.4 Å². The van der Waals surface area contributed by atoms with Crippen molar-refractivity contribution < 1.29 is 0 Å². The Morgan fingerprint density at radius 1 is 0.365 bits per heavy atom. The molecule has 3 atom stereocenters. The first kappa shape index (κ1) is 33.0. The maximum atomic E-state index is 2.65. The molecule has 0 spiro atoms. The molecule has 0 bridgehead atoms. The van der Waals surface area contributed by atoms with Crippen LogP contribution in [0.5, 0.6) is 0 Å². The zero-order chi connectivity index (χ0) is 34.7. The van der Waals surface area contributed by atoms with Crippen LogP contribution in [0.1, 0.15) is 44.9 Å². The van der Waals surface area contributed by atoms with E-state index >= 15 is 0 Å². The van der Waals surface area contributed by atoms with Crippen molar-refractivity contribution in [2.45, 2.75) is 51.0 Å². The summed E-state index contributed by atoms with van der Waals surface area (Å²) in [7, 11) is 0. The van der Waals surface area contributed by atoms with Crippen molar-refractivity contribution in [3.05, 3.63) is 164 Å². The second-order valence-corrected chi connectivity index (χ2v) is 16.6. The third kappa shape index (κ3) is 6.86. The molecule has 2 aliphatic carbocycles. The molecule has 0 saturated heterocycles. The third-order valence-electron chi connectivity index (χ3n) is 11.2. The van der Waals surface area contributed by atoms with Gasteiger partial charge in [-0.25, -0.2) is 0 Å². The lowest BCUT2D eigenvalue weighted by atomic mass is 9.69. The molecule has 4 heteroatoms. The van der Waals surface area contributed by atoms with Crippen molar-refractivity contribution in [1.29, 1.82) is 0 Å². The van der Waals surface area contributed by atoms with Crippen LogP contribution in [0, 0.1) is 11.8 Å². The molecular weight excluding hydrogens is 669 g/mol. The van der Waals surface area contributed by atoms with Crippen molar-refractivity contribution in [1.82, 2.24) is 0 Å². The van der Waals surface area contributed by atoms with E-state index in [1.54, 1.807) is 0 Å². The summed E-state index contributed by atoms with van der Waals surface area (Å²) in [6.45, 7) is 0. The van der Waals surface area contributed by atoms with E-state index in [-0.39, 0.29) is 0 Å². The molecule has 2 aromatic heterocycles. The van der Waals surface area contributed by atoms with E-state index in [1.807, 2.05) is 22.7 Å². The van der Waals surface area contributed by atoms with Crippen molar-refractivity contribution in [3.8, 4) is 30.6 Å². The van der Waals surface area contributed by atoms with Crippen LogP contribution in [0.25, 0.3) is 30.6 Å². The van der Waals surface area contributed by atoms with Gasteiger partial charge >= 0.3 is 0 Å². The highest BCUT2D eigenvalue weighted by atomic mass is 32.1. The van der Waals surface area contributed by atoms with Crippen molar-refractivity contribution in [2.75, 3.05) is 9.80 Å².